The molecule has 0 spiro atoms. The third-order valence-corrected chi connectivity index (χ3v) is 3.67. The fraction of sp³-hybridized carbons (Fsp3) is 0.267. The molecule has 100 valence electrons. The molecule has 0 saturated heterocycles. The fourth-order valence-electron chi connectivity index (χ4n) is 2.78. The highest BCUT2D eigenvalue weighted by atomic mass is 16.5. The number of aromatic nitrogens is 1. The van der Waals surface area contributed by atoms with Gasteiger partial charge in [-0.05, 0) is 12.5 Å². The normalized spacial score (nSPS) is 22.1. The molecule has 1 unspecified atom stereocenters. The van der Waals surface area contributed by atoms with Gasteiger partial charge in [-0.1, -0.05) is 0 Å². The number of ether oxygens (including phenoxy) is 1. The number of carbonyl (C=O) groups excluding carboxylic acids is 1. The zero-order valence-electron chi connectivity index (χ0n) is 10.8. The lowest BCUT2D eigenvalue weighted by Crippen LogP contribution is -2.27. The van der Waals surface area contributed by atoms with Crippen molar-refractivity contribution in [2.75, 3.05) is 0 Å². The van der Waals surface area contributed by atoms with Gasteiger partial charge in [0.1, 0.15) is 17.4 Å². The smallest absolute Gasteiger partial charge is 0.205 e. The van der Waals surface area contributed by atoms with Gasteiger partial charge in [0.25, 0.3) is 0 Å². The van der Waals surface area contributed by atoms with Gasteiger partial charge in [0, 0.05) is 30.0 Å². The van der Waals surface area contributed by atoms with E-state index in [1.807, 2.05) is 12.1 Å². The van der Waals surface area contributed by atoms with E-state index in [4.69, 9.17) is 10.5 Å². The molecule has 2 aliphatic rings. The number of nitrogens with two attached hydrogens (primary N) is 1. The van der Waals surface area contributed by atoms with E-state index < -0.39 is 5.92 Å². The first-order valence-corrected chi connectivity index (χ1v) is 6.52. The standard InChI is InChI=1S/C15H13N3O2/c16-7-10-13(9-3-2-6-18-8-9)14-11(19)4-1-5-12(14)20-15(10)17/h2-3,6,8,13H,1,4-5,17H2/p+1. The van der Waals surface area contributed by atoms with Crippen LogP contribution in [0, 0.1) is 11.3 Å². The molecule has 0 radical (unpaired) electrons. The number of carbonyl (C=O) groups is 1. The van der Waals surface area contributed by atoms with Gasteiger partial charge >= 0.3 is 0 Å². The second kappa shape index (κ2) is 4.82. The minimum Gasteiger partial charge on any atom is -0.444 e. The van der Waals surface area contributed by atoms with Gasteiger partial charge in [-0.15, -0.1) is 0 Å². The molecule has 20 heavy (non-hydrogen) atoms. The predicted molar refractivity (Wildman–Crippen MR) is 69.5 cm³/mol. The van der Waals surface area contributed by atoms with Crippen molar-refractivity contribution in [1.29, 1.82) is 5.26 Å². The number of H-pyrrole nitrogens is 1. The summed E-state index contributed by atoms with van der Waals surface area (Å²) in [5.74, 6) is 0.343. The number of aromatic amines is 1. The lowest BCUT2D eigenvalue weighted by Gasteiger charge is -2.30. The number of nitriles is 1. The first-order valence-electron chi connectivity index (χ1n) is 6.52. The highest BCUT2D eigenvalue weighted by Gasteiger charge is 2.38. The zero-order valence-corrected chi connectivity index (χ0v) is 10.8. The molecule has 0 aromatic carbocycles. The Bertz CT molecular complexity index is 668. The van der Waals surface area contributed by atoms with Crippen LogP contribution >= 0.6 is 0 Å². The summed E-state index contributed by atoms with van der Waals surface area (Å²) in [4.78, 5) is 15.2. The Kier molecular flexibility index (Phi) is 2.99. The second-order valence-corrected chi connectivity index (χ2v) is 4.88. The van der Waals surface area contributed by atoms with Crippen molar-refractivity contribution < 1.29 is 14.5 Å². The van der Waals surface area contributed by atoms with E-state index in [9.17, 15) is 10.1 Å². The van der Waals surface area contributed by atoms with Crippen LogP contribution in [0.4, 0.5) is 0 Å². The van der Waals surface area contributed by atoms with E-state index in [1.165, 1.54) is 0 Å². The van der Waals surface area contributed by atoms with Crippen LogP contribution in [0.3, 0.4) is 0 Å². The van der Waals surface area contributed by atoms with Gasteiger partial charge in [-0.2, -0.15) is 5.26 Å². The molecule has 2 heterocycles. The van der Waals surface area contributed by atoms with Crippen molar-refractivity contribution in [2.45, 2.75) is 25.2 Å². The van der Waals surface area contributed by atoms with E-state index in [0.29, 0.717) is 29.7 Å². The second-order valence-electron chi connectivity index (χ2n) is 4.88. The average molecular weight is 268 g/mol. The van der Waals surface area contributed by atoms with Crippen LogP contribution in [0.25, 0.3) is 0 Å². The molecule has 5 heteroatoms. The molecule has 3 rings (SSSR count). The van der Waals surface area contributed by atoms with E-state index >= 15 is 0 Å². The number of hydrogen-bond acceptors (Lipinski definition) is 4. The van der Waals surface area contributed by atoms with Crippen LogP contribution in [-0.2, 0) is 9.53 Å². The fourth-order valence-corrected chi connectivity index (χ4v) is 2.78. The summed E-state index contributed by atoms with van der Waals surface area (Å²) in [5, 5.41) is 9.36. The van der Waals surface area contributed by atoms with Crippen LogP contribution in [0.15, 0.2) is 47.3 Å². The van der Waals surface area contributed by atoms with Crippen LogP contribution in [0.5, 0.6) is 0 Å². The average Bonchev–Trinajstić information content (AvgIpc) is 2.47. The number of pyridine rings is 1. The topological polar surface area (TPSA) is 90.3 Å². The summed E-state index contributed by atoms with van der Waals surface area (Å²) < 4.78 is 5.50. The lowest BCUT2D eigenvalue weighted by molar-refractivity contribution is -0.378. The van der Waals surface area contributed by atoms with E-state index in [1.54, 1.807) is 12.4 Å². The molecule has 1 aliphatic heterocycles. The molecule has 1 aromatic heterocycles. The van der Waals surface area contributed by atoms with E-state index in [0.717, 1.165) is 12.0 Å². The van der Waals surface area contributed by atoms with Crippen molar-refractivity contribution >= 4 is 5.78 Å². The zero-order chi connectivity index (χ0) is 14.1. The van der Waals surface area contributed by atoms with Crippen molar-refractivity contribution in [3.8, 4) is 6.07 Å². The van der Waals surface area contributed by atoms with Crippen molar-refractivity contribution in [1.82, 2.24) is 0 Å². The Morgan fingerprint density at radius 2 is 2.30 bits per heavy atom. The van der Waals surface area contributed by atoms with Crippen LogP contribution in [-0.4, -0.2) is 5.78 Å². The Morgan fingerprint density at radius 3 is 3.00 bits per heavy atom. The SMILES string of the molecule is N#CC1=C(N)OC2=C(C(=O)CCC2)C1c1ccc[nH+]c1. The molecule has 0 bridgehead atoms. The van der Waals surface area contributed by atoms with Crippen LogP contribution < -0.4 is 10.7 Å². The summed E-state index contributed by atoms with van der Waals surface area (Å²) in [7, 11) is 0. The van der Waals surface area contributed by atoms with Crippen molar-refractivity contribution in [2.24, 2.45) is 5.73 Å². The van der Waals surface area contributed by atoms with E-state index in [2.05, 4.69) is 11.1 Å². The molecule has 0 amide bonds. The Morgan fingerprint density at radius 1 is 1.45 bits per heavy atom. The lowest BCUT2D eigenvalue weighted by atomic mass is 9.78. The van der Waals surface area contributed by atoms with Crippen LogP contribution in [0.1, 0.15) is 30.7 Å². The minimum atomic E-state index is -0.422. The van der Waals surface area contributed by atoms with E-state index in [-0.39, 0.29) is 11.7 Å². The Labute approximate surface area is 116 Å². The maximum Gasteiger partial charge on any atom is 0.205 e. The number of nitrogens with zero attached hydrogens (tertiary/aromatic N) is 1. The highest BCUT2D eigenvalue weighted by Crippen LogP contribution is 2.42. The van der Waals surface area contributed by atoms with Crippen molar-refractivity contribution in [3.05, 3.63) is 52.9 Å². The maximum atomic E-state index is 12.3. The van der Waals surface area contributed by atoms with Crippen molar-refractivity contribution in [3.63, 3.8) is 0 Å². The molecule has 0 fully saturated rings. The van der Waals surface area contributed by atoms with Gasteiger partial charge in [-0.25, -0.2) is 4.98 Å². The third-order valence-electron chi connectivity index (χ3n) is 3.67. The molecule has 1 aromatic rings. The molecular weight excluding hydrogens is 254 g/mol. The molecule has 3 N–H and O–H groups in total. The highest BCUT2D eigenvalue weighted by molar-refractivity contribution is 5.99. The molecule has 5 nitrogen and oxygen atoms in total. The molecule has 1 atom stereocenters. The largest absolute Gasteiger partial charge is 0.444 e. The summed E-state index contributed by atoms with van der Waals surface area (Å²) in [6.45, 7) is 0. The number of hydrogen-bond donors (Lipinski definition) is 1. The number of nitrogens with one attached hydrogen (secondary N) is 1. The number of rotatable bonds is 1. The summed E-state index contributed by atoms with van der Waals surface area (Å²) in [5.41, 5.74) is 7.58. The number of allylic oxidation sites excluding steroid dienone is 3. The first kappa shape index (κ1) is 12.4. The Hall–Kier alpha value is -2.61. The summed E-state index contributed by atoms with van der Waals surface area (Å²) in [6.07, 6.45) is 5.51. The number of Topliss-reactive ketones (excluding diaryl/α,β-unsaturated/α-hetero) is 1. The molecule has 1 aliphatic carbocycles. The first-order chi connectivity index (χ1) is 9.72. The van der Waals surface area contributed by atoms with Crippen LogP contribution in [0.2, 0.25) is 0 Å². The van der Waals surface area contributed by atoms with Gasteiger partial charge in [0.15, 0.2) is 18.2 Å². The van der Waals surface area contributed by atoms with Gasteiger partial charge in [0.05, 0.1) is 5.92 Å². The Balaban J connectivity index is 2.18. The van der Waals surface area contributed by atoms with Gasteiger partial charge < -0.3 is 10.5 Å². The summed E-state index contributed by atoms with van der Waals surface area (Å²) >= 11 is 0. The predicted octanol–water partition coefficient (Wildman–Crippen LogP) is 1.32. The quantitative estimate of drug-likeness (QED) is 0.831. The third kappa shape index (κ3) is 1.86. The minimum absolute atomic E-state index is 0.0420. The molecule has 0 saturated carbocycles. The maximum absolute atomic E-state index is 12.3. The number of ketones is 1. The van der Waals surface area contributed by atoms with Gasteiger partial charge in [-0.3, -0.25) is 4.79 Å². The van der Waals surface area contributed by atoms with Gasteiger partial charge in [0.2, 0.25) is 5.88 Å². The monoisotopic (exact) mass is 268 g/mol. The summed E-state index contributed by atoms with van der Waals surface area (Å²) in [6, 6.07) is 5.80. The molecular formula is C15H14N3O2+.